The summed E-state index contributed by atoms with van der Waals surface area (Å²) in [6.07, 6.45) is 0. The predicted molar refractivity (Wildman–Crippen MR) is 73.4 cm³/mol. The first-order chi connectivity index (χ1) is 9.90. The molecule has 5 nitrogen and oxygen atoms in total. The average Bonchev–Trinajstić information content (AvgIpc) is 2.46. The normalized spacial score (nSPS) is 10.5. The molecular weight excluding hydrogens is 299 g/mol. The Morgan fingerprint density at radius 1 is 0.864 bits per heavy atom. The van der Waals surface area contributed by atoms with Crippen molar-refractivity contribution < 1.29 is 42.0 Å². The Morgan fingerprint density at radius 2 is 1.36 bits per heavy atom. The summed E-state index contributed by atoms with van der Waals surface area (Å²) in [5.41, 5.74) is 0.816. The SMILES string of the molecule is O=C([O-])CS(=O)(=O)c1ccc(C(=O)c2ccccc2)cc1.[Li+]. The van der Waals surface area contributed by atoms with Crippen LogP contribution in [-0.4, -0.2) is 25.9 Å². The number of carboxylic acid groups (broad SMARTS) is 1. The van der Waals surface area contributed by atoms with Gasteiger partial charge in [0.25, 0.3) is 0 Å². The molecule has 0 aliphatic carbocycles. The molecule has 0 unspecified atom stereocenters. The monoisotopic (exact) mass is 310 g/mol. The Hall–Kier alpha value is -1.87. The number of hydrogen-bond donors (Lipinski definition) is 0. The van der Waals surface area contributed by atoms with Crippen LogP contribution in [0.25, 0.3) is 0 Å². The van der Waals surface area contributed by atoms with Crippen LogP contribution in [0, 0.1) is 0 Å². The van der Waals surface area contributed by atoms with E-state index in [1.54, 1.807) is 30.3 Å². The first-order valence-electron chi connectivity index (χ1n) is 6.02. The average molecular weight is 310 g/mol. The number of rotatable bonds is 5. The van der Waals surface area contributed by atoms with Crippen LogP contribution in [0.5, 0.6) is 0 Å². The molecule has 7 heteroatoms. The molecule has 0 spiro atoms. The molecule has 0 atom stereocenters. The fraction of sp³-hybridized carbons (Fsp3) is 0.0667. The Balaban J connectivity index is 0.00000242. The minimum atomic E-state index is -3.94. The van der Waals surface area contributed by atoms with E-state index in [0.29, 0.717) is 11.1 Å². The fourth-order valence-electron chi connectivity index (χ4n) is 1.81. The van der Waals surface area contributed by atoms with Crippen molar-refractivity contribution in [1.29, 1.82) is 0 Å². The molecule has 0 amide bonds. The molecule has 108 valence electrons. The molecule has 2 aromatic rings. The zero-order valence-corrected chi connectivity index (χ0v) is 12.7. The maximum atomic E-state index is 12.1. The summed E-state index contributed by atoms with van der Waals surface area (Å²) in [5.74, 6) is -2.99. The zero-order valence-electron chi connectivity index (χ0n) is 11.9. The van der Waals surface area contributed by atoms with Crippen molar-refractivity contribution in [2.45, 2.75) is 4.90 Å². The minimum absolute atomic E-state index is 0. The van der Waals surface area contributed by atoms with Gasteiger partial charge in [0.1, 0.15) is 0 Å². The number of sulfone groups is 1. The molecule has 0 saturated carbocycles. The van der Waals surface area contributed by atoms with Crippen molar-refractivity contribution in [3.8, 4) is 0 Å². The van der Waals surface area contributed by atoms with E-state index in [1.807, 2.05) is 0 Å². The van der Waals surface area contributed by atoms with Gasteiger partial charge >= 0.3 is 18.9 Å². The van der Waals surface area contributed by atoms with Gasteiger partial charge in [0.05, 0.1) is 16.6 Å². The number of carboxylic acids is 1. The molecule has 2 aromatic carbocycles. The van der Waals surface area contributed by atoms with Crippen LogP contribution in [0.4, 0.5) is 0 Å². The van der Waals surface area contributed by atoms with E-state index in [2.05, 4.69) is 0 Å². The third kappa shape index (κ3) is 4.31. The Bertz CT molecular complexity index is 767. The van der Waals surface area contributed by atoms with Gasteiger partial charge in [-0.2, -0.15) is 0 Å². The van der Waals surface area contributed by atoms with Crippen LogP contribution in [0.2, 0.25) is 0 Å². The molecule has 0 saturated heterocycles. The van der Waals surface area contributed by atoms with Crippen molar-refractivity contribution in [1.82, 2.24) is 0 Å². The van der Waals surface area contributed by atoms with Gasteiger partial charge in [-0.3, -0.25) is 4.79 Å². The van der Waals surface area contributed by atoms with Gasteiger partial charge in [-0.15, -0.1) is 0 Å². The van der Waals surface area contributed by atoms with Gasteiger partial charge in [-0.05, 0) is 24.3 Å². The second kappa shape index (κ2) is 7.41. The summed E-state index contributed by atoms with van der Waals surface area (Å²) < 4.78 is 23.4. The Morgan fingerprint density at radius 3 is 1.86 bits per heavy atom. The van der Waals surface area contributed by atoms with Crippen LogP contribution in [0.15, 0.2) is 59.5 Å². The second-order valence-corrected chi connectivity index (χ2v) is 6.34. The molecule has 0 aromatic heterocycles. The summed E-state index contributed by atoms with van der Waals surface area (Å²) in [5, 5.41) is 10.4. The number of hydrogen-bond acceptors (Lipinski definition) is 5. The van der Waals surface area contributed by atoms with Gasteiger partial charge < -0.3 is 9.90 Å². The Labute approximate surface area is 140 Å². The van der Waals surface area contributed by atoms with E-state index in [-0.39, 0.29) is 29.5 Å². The van der Waals surface area contributed by atoms with Crippen LogP contribution >= 0.6 is 0 Å². The molecule has 0 aliphatic rings. The third-order valence-corrected chi connectivity index (χ3v) is 4.43. The van der Waals surface area contributed by atoms with Crippen LogP contribution < -0.4 is 24.0 Å². The smallest absolute Gasteiger partial charge is 0.549 e. The molecule has 22 heavy (non-hydrogen) atoms. The number of aliphatic carboxylic acids is 1. The van der Waals surface area contributed by atoms with Crippen molar-refractivity contribution in [3.63, 3.8) is 0 Å². The summed E-state index contributed by atoms with van der Waals surface area (Å²) in [6.45, 7) is 0. The van der Waals surface area contributed by atoms with Crippen LogP contribution in [0.1, 0.15) is 15.9 Å². The molecular formula is C15H11LiO5S. The topological polar surface area (TPSA) is 91.3 Å². The number of carbonyl (C=O) groups is 2. The third-order valence-electron chi connectivity index (χ3n) is 2.82. The Kier molecular flexibility index (Phi) is 6.12. The first kappa shape index (κ1) is 18.2. The van der Waals surface area contributed by atoms with Crippen molar-refractivity contribution >= 4 is 21.6 Å². The molecule has 0 bridgehead atoms. The maximum Gasteiger partial charge on any atom is 1.00 e. The van der Waals surface area contributed by atoms with E-state index in [9.17, 15) is 23.1 Å². The van der Waals surface area contributed by atoms with E-state index in [4.69, 9.17) is 0 Å². The molecule has 0 aliphatic heterocycles. The zero-order chi connectivity index (χ0) is 15.5. The molecule has 2 rings (SSSR count). The van der Waals surface area contributed by atoms with Crippen molar-refractivity contribution in [2.24, 2.45) is 0 Å². The van der Waals surface area contributed by atoms with Gasteiger partial charge in [0.2, 0.25) is 0 Å². The van der Waals surface area contributed by atoms with E-state index < -0.39 is 21.6 Å². The molecule has 0 N–H and O–H groups in total. The van der Waals surface area contributed by atoms with E-state index in [1.165, 1.54) is 24.3 Å². The standard InChI is InChI=1S/C15H12O5S.Li/c16-14(17)10-21(19,20)13-8-6-12(7-9-13)15(18)11-4-2-1-3-5-11;/h1-9H,10H2,(H,16,17);/q;+1/p-1. The number of carbonyl (C=O) groups excluding carboxylic acids is 2. The number of ketones is 1. The summed E-state index contributed by atoms with van der Waals surface area (Å²) >= 11 is 0. The first-order valence-corrected chi connectivity index (χ1v) is 7.68. The van der Waals surface area contributed by atoms with Gasteiger partial charge in [-0.25, -0.2) is 8.42 Å². The van der Waals surface area contributed by atoms with Gasteiger partial charge in [-0.1, -0.05) is 30.3 Å². The van der Waals surface area contributed by atoms with Crippen molar-refractivity contribution in [2.75, 3.05) is 5.75 Å². The quantitative estimate of drug-likeness (QED) is 0.448. The van der Waals surface area contributed by atoms with E-state index >= 15 is 0 Å². The maximum absolute atomic E-state index is 12.1. The summed E-state index contributed by atoms with van der Waals surface area (Å²) in [6, 6.07) is 13.7. The van der Waals surface area contributed by atoms with Crippen molar-refractivity contribution in [3.05, 3.63) is 65.7 Å². The largest absolute Gasteiger partial charge is 1.00 e. The van der Waals surface area contributed by atoms with Gasteiger partial charge in [0.15, 0.2) is 15.6 Å². The minimum Gasteiger partial charge on any atom is -0.549 e. The van der Waals surface area contributed by atoms with E-state index in [0.717, 1.165) is 0 Å². The van der Waals surface area contributed by atoms with Crippen LogP contribution in [0.3, 0.4) is 0 Å². The molecule has 0 radical (unpaired) electrons. The van der Waals surface area contributed by atoms with Gasteiger partial charge in [0, 0.05) is 11.1 Å². The predicted octanol–water partition coefficient (Wildman–Crippen LogP) is -2.55. The molecule has 0 fully saturated rings. The second-order valence-electron chi connectivity index (χ2n) is 4.35. The number of benzene rings is 2. The molecule has 0 heterocycles. The summed E-state index contributed by atoms with van der Waals surface area (Å²) in [7, 11) is -3.94. The summed E-state index contributed by atoms with van der Waals surface area (Å²) in [4.78, 5) is 22.4. The fourth-order valence-corrected chi connectivity index (χ4v) is 2.84. The van der Waals surface area contributed by atoms with Crippen LogP contribution in [-0.2, 0) is 14.6 Å².